The molecule has 0 amide bonds. The van der Waals surface area contributed by atoms with Crippen molar-refractivity contribution in [1.82, 2.24) is 0 Å². The Labute approximate surface area is 95.5 Å². The van der Waals surface area contributed by atoms with E-state index in [0.29, 0.717) is 0 Å². The van der Waals surface area contributed by atoms with E-state index < -0.39 is 0 Å². The van der Waals surface area contributed by atoms with E-state index in [4.69, 9.17) is 9.47 Å². The molecule has 1 aliphatic heterocycles. The molecule has 1 heterocycles. The van der Waals surface area contributed by atoms with Gasteiger partial charge in [-0.05, 0) is 24.3 Å². The summed E-state index contributed by atoms with van der Waals surface area (Å²) in [5.74, 6) is 4.67. The molecule has 0 radical (unpaired) electrons. The zero-order valence-electron chi connectivity index (χ0n) is 8.70. The maximum absolute atomic E-state index is 5.50. The monoisotopic (exact) mass is 236 g/mol. The van der Waals surface area contributed by atoms with E-state index in [2.05, 4.69) is 0 Å². The van der Waals surface area contributed by atoms with Gasteiger partial charge in [0.25, 0.3) is 0 Å². The maximum atomic E-state index is 5.50. The van der Waals surface area contributed by atoms with Gasteiger partial charge in [-0.15, -0.1) is 0 Å². The molecular formula is C10H20O2S2. The summed E-state index contributed by atoms with van der Waals surface area (Å²) in [5, 5.41) is 0. The number of thioether (sulfide) groups is 2. The lowest BCUT2D eigenvalue weighted by atomic mass is 10.5. The lowest BCUT2D eigenvalue weighted by molar-refractivity contribution is 0.148. The minimum absolute atomic E-state index is 0.898. The molecule has 1 aliphatic rings. The minimum Gasteiger partial charge on any atom is -0.381 e. The summed E-state index contributed by atoms with van der Waals surface area (Å²) in [5.41, 5.74) is 0. The van der Waals surface area contributed by atoms with E-state index in [0.717, 1.165) is 37.9 Å². The molecule has 0 saturated carbocycles. The third-order valence-corrected chi connectivity index (χ3v) is 3.96. The van der Waals surface area contributed by atoms with Crippen LogP contribution in [0.3, 0.4) is 0 Å². The van der Waals surface area contributed by atoms with Crippen LogP contribution in [-0.2, 0) is 9.47 Å². The molecular weight excluding hydrogens is 216 g/mol. The van der Waals surface area contributed by atoms with Gasteiger partial charge in [0.05, 0.1) is 13.2 Å². The van der Waals surface area contributed by atoms with Crippen molar-refractivity contribution in [3.63, 3.8) is 0 Å². The Morgan fingerprint density at radius 3 is 1.64 bits per heavy atom. The SMILES string of the molecule is C1COCCSCCOCCCSC1. The molecule has 0 atom stereocenters. The topological polar surface area (TPSA) is 18.5 Å². The molecule has 0 spiro atoms. The molecule has 0 aromatic rings. The Morgan fingerprint density at radius 1 is 0.571 bits per heavy atom. The highest BCUT2D eigenvalue weighted by Gasteiger charge is 1.95. The fraction of sp³-hybridized carbons (Fsp3) is 1.00. The van der Waals surface area contributed by atoms with Gasteiger partial charge < -0.3 is 9.47 Å². The van der Waals surface area contributed by atoms with Gasteiger partial charge in [0.2, 0.25) is 0 Å². The van der Waals surface area contributed by atoms with Gasteiger partial charge in [-0.2, -0.15) is 23.5 Å². The predicted molar refractivity (Wildman–Crippen MR) is 65.5 cm³/mol. The van der Waals surface area contributed by atoms with Crippen molar-refractivity contribution in [2.24, 2.45) is 0 Å². The first-order valence-electron chi connectivity index (χ1n) is 5.31. The Kier molecular flexibility index (Phi) is 9.20. The molecule has 0 unspecified atom stereocenters. The molecule has 0 aromatic carbocycles. The molecule has 14 heavy (non-hydrogen) atoms. The van der Waals surface area contributed by atoms with Gasteiger partial charge in [0.1, 0.15) is 0 Å². The minimum atomic E-state index is 0.898. The van der Waals surface area contributed by atoms with Crippen LogP contribution in [0.25, 0.3) is 0 Å². The van der Waals surface area contributed by atoms with E-state index in [1.54, 1.807) is 0 Å². The van der Waals surface area contributed by atoms with Crippen molar-refractivity contribution in [2.45, 2.75) is 12.8 Å². The second-order valence-electron chi connectivity index (χ2n) is 3.16. The van der Waals surface area contributed by atoms with Crippen LogP contribution < -0.4 is 0 Å². The summed E-state index contributed by atoms with van der Waals surface area (Å²) in [6, 6.07) is 0. The molecule has 84 valence electrons. The van der Waals surface area contributed by atoms with E-state index in [-0.39, 0.29) is 0 Å². The average Bonchev–Trinajstić information content (AvgIpc) is 2.22. The van der Waals surface area contributed by atoms with E-state index in [1.165, 1.54) is 24.3 Å². The van der Waals surface area contributed by atoms with Crippen LogP contribution in [0.1, 0.15) is 12.8 Å². The highest BCUT2D eigenvalue weighted by molar-refractivity contribution is 7.99. The summed E-state index contributed by atoms with van der Waals surface area (Å²) in [7, 11) is 0. The van der Waals surface area contributed by atoms with Crippen molar-refractivity contribution < 1.29 is 9.47 Å². The van der Waals surface area contributed by atoms with Crippen molar-refractivity contribution in [3.05, 3.63) is 0 Å². The first-order chi connectivity index (χ1) is 7.00. The lowest BCUT2D eigenvalue weighted by Gasteiger charge is -2.07. The number of hydrogen-bond acceptors (Lipinski definition) is 4. The maximum Gasteiger partial charge on any atom is 0.0556 e. The molecule has 2 nitrogen and oxygen atoms in total. The Balaban J connectivity index is 2.00. The second-order valence-corrected chi connectivity index (χ2v) is 5.61. The summed E-state index contributed by atoms with van der Waals surface area (Å²) >= 11 is 3.94. The highest BCUT2D eigenvalue weighted by atomic mass is 32.2. The zero-order valence-corrected chi connectivity index (χ0v) is 10.3. The number of hydrogen-bond donors (Lipinski definition) is 0. The number of ether oxygens (including phenoxy) is 2. The van der Waals surface area contributed by atoms with Crippen LogP contribution in [0, 0.1) is 0 Å². The largest absolute Gasteiger partial charge is 0.381 e. The molecule has 0 N–H and O–H groups in total. The van der Waals surface area contributed by atoms with E-state index >= 15 is 0 Å². The summed E-state index contributed by atoms with van der Waals surface area (Å²) in [4.78, 5) is 0. The fourth-order valence-corrected chi connectivity index (χ4v) is 2.69. The third kappa shape index (κ3) is 7.97. The first-order valence-corrected chi connectivity index (χ1v) is 7.62. The molecule has 0 aromatic heterocycles. The lowest BCUT2D eigenvalue weighted by Crippen LogP contribution is -2.05. The van der Waals surface area contributed by atoms with Gasteiger partial charge in [0.15, 0.2) is 0 Å². The zero-order chi connectivity index (χ0) is 9.90. The normalized spacial score (nSPS) is 24.0. The molecule has 1 rings (SSSR count). The number of rotatable bonds is 0. The molecule has 4 heteroatoms. The van der Waals surface area contributed by atoms with E-state index in [1.807, 2.05) is 23.5 Å². The summed E-state index contributed by atoms with van der Waals surface area (Å²) in [6.45, 7) is 3.67. The van der Waals surface area contributed by atoms with Crippen molar-refractivity contribution >= 4 is 23.5 Å². The predicted octanol–water partition coefficient (Wildman–Crippen LogP) is 2.28. The summed E-state index contributed by atoms with van der Waals surface area (Å²) < 4.78 is 11.0. The second kappa shape index (κ2) is 10.1. The van der Waals surface area contributed by atoms with Crippen LogP contribution in [0.2, 0.25) is 0 Å². The van der Waals surface area contributed by atoms with Gasteiger partial charge in [-0.25, -0.2) is 0 Å². The molecule has 1 saturated heterocycles. The Morgan fingerprint density at radius 2 is 1.07 bits per heavy atom. The van der Waals surface area contributed by atoms with Crippen LogP contribution in [-0.4, -0.2) is 49.4 Å². The molecule has 0 bridgehead atoms. The molecule has 0 aliphatic carbocycles. The van der Waals surface area contributed by atoms with Crippen molar-refractivity contribution in [2.75, 3.05) is 49.4 Å². The summed E-state index contributed by atoms with van der Waals surface area (Å²) in [6.07, 6.45) is 2.38. The smallest absolute Gasteiger partial charge is 0.0556 e. The third-order valence-electron chi connectivity index (χ3n) is 1.90. The Bertz CT molecular complexity index is 69.4. The fourth-order valence-electron chi connectivity index (χ4n) is 1.17. The van der Waals surface area contributed by atoms with Gasteiger partial charge >= 0.3 is 0 Å². The van der Waals surface area contributed by atoms with Crippen LogP contribution in [0.4, 0.5) is 0 Å². The van der Waals surface area contributed by atoms with Crippen molar-refractivity contribution in [3.8, 4) is 0 Å². The van der Waals surface area contributed by atoms with Gasteiger partial charge in [-0.1, -0.05) is 0 Å². The quantitative estimate of drug-likeness (QED) is 0.642. The standard InChI is InChI=1S/C10H20O2S2/c1-3-11-5-9-14-10-6-12-4-2-8-13-7-1/h1-10H2. The van der Waals surface area contributed by atoms with Gasteiger partial charge in [0, 0.05) is 24.7 Å². The highest BCUT2D eigenvalue weighted by Crippen LogP contribution is 2.06. The van der Waals surface area contributed by atoms with Crippen molar-refractivity contribution in [1.29, 1.82) is 0 Å². The van der Waals surface area contributed by atoms with Gasteiger partial charge in [-0.3, -0.25) is 0 Å². The van der Waals surface area contributed by atoms with Crippen LogP contribution >= 0.6 is 23.5 Å². The molecule has 1 fully saturated rings. The first kappa shape index (κ1) is 12.7. The van der Waals surface area contributed by atoms with E-state index in [9.17, 15) is 0 Å². The Hall–Kier alpha value is 0.620. The van der Waals surface area contributed by atoms with Crippen LogP contribution in [0.15, 0.2) is 0 Å². The van der Waals surface area contributed by atoms with Crippen LogP contribution in [0.5, 0.6) is 0 Å². The average molecular weight is 236 g/mol.